The first-order valence-corrected chi connectivity index (χ1v) is 53.3. The molecule has 0 spiro atoms. The third kappa shape index (κ3) is 34.4. The van der Waals surface area contributed by atoms with Crippen molar-refractivity contribution >= 4 is 45.2 Å². The van der Waals surface area contributed by atoms with Gasteiger partial charge < -0.3 is 0 Å². The minimum Gasteiger partial charge on any atom is -0.275 e. The number of hydrogen-bond donors (Lipinski definition) is 0. The third-order valence-electron chi connectivity index (χ3n) is 31.7. The van der Waals surface area contributed by atoms with Crippen LogP contribution in [-0.2, 0) is 31.3 Å². The van der Waals surface area contributed by atoms with Gasteiger partial charge >= 0.3 is 0 Å². The molecule has 2 saturated carbocycles. The number of carbonyl (C=O) groups excluding carboxylic acids is 4. The maximum atomic E-state index is 14.9. The number of aromatic nitrogens is 2. The number of benzene rings is 1. The van der Waals surface area contributed by atoms with Crippen LogP contribution in [0, 0.1) is 59.2 Å². The zero-order chi connectivity index (χ0) is 87.8. The van der Waals surface area contributed by atoms with Crippen molar-refractivity contribution in [1.29, 1.82) is 0 Å². The Kier molecular flexibility index (Phi) is 50.8. The Balaban J connectivity index is 0.917. The SMILES string of the molecule is CCCCCCCCC1C(CCCCCC)CCC(CCCCCCCCC(C)(CCCCCC(C)C(C)C)N2C(=O)C=CC2=O)C1CCCCCCCCn1c(=O)c2cc3c(=O)n(C(C)(CCCCCCC)CCCCCCCC4CCC(CCCCCC)C(CCCCCCCC)C4CCCCCCCCN4C(=O)C=CC4=O)c(=O)c3cc2c1=O. The predicted octanol–water partition coefficient (Wildman–Crippen LogP) is 30.1. The molecule has 2 aliphatic carbocycles. The van der Waals surface area contributed by atoms with Crippen LogP contribution in [0.5, 0.6) is 0 Å². The van der Waals surface area contributed by atoms with E-state index in [4.69, 9.17) is 0 Å². The molecule has 4 aliphatic rings. The molecule has 7 rings (SSSR count). The number of imide groups is 2. The summed E-state index contributed by atoms with van der Waals surface area (Å²) in [7, 11) is 0. The van der Waals surface area contributed by atoms with Gasteiger partial charge in [0.15, 0.2) is 0 Å². The van der Waals surface area contributed by atoms with Gasteiger partial charge in [0.25, 0.3) is 45.9 Å². The first kappa shape index (κ1) is 104. The Labute approximate surface area is 746 Å². The highest BCUT2D eigenvalue weighted by molar-refractivity contribution is 6.14. The van der Waals surface area contributed by atoms with E-state index in [0.29, 0.717) is 19.0 Å². The van der Waals surface area contributed by atoms with E-state index in [0.717, 1.165) is 195 Å². The average Bonchev–Trinajstić information content (AvgIpc) is 1.57. The molecule has 4 heterocycles. The molecule has 11 unspecified atom stereocenters. The number of hydrogen-bond acceptors (Lipinski definition) is 8. The zero-order valence-corrected chi connectivity index (χ0v) is 80.8. The van der Waals surface area contributed by atoms with E-state index < -0.39 is 11.1 Å². The molecule has 0 saturated heterocycles. The third-order valence-corrected chi connectivity index (χ3v) is 31.7. The van der Waals surface area contributed by atoms with Crippen LogP contribution in [0.1, 0.15) is 506 Å². The molecule has 1 aromatic carbocycles. The minimum atomic E-state index is -0.672. The van der Waals surface area contributed by atoms with E-state index in [1.165, 1.54) is 329 Å². The van der Waals surface area contributed by atoms with Crippen molar-refractivity contribution in [2.24, 2.45) is 59.2 Å². The van der Waals surface area contributed by atoms with Crippen LogP contribution in [0.2, 0.25) is 0 Å². The summed E-state index contributed by atoms with van der Waals surface area (Å²) in [5, 5.41) is 1.10. The van der Waals surface area contributed by atoms with Crippen molar-refractivity contribution in [2.45, 2.75) is 523 Å². The maximum Gasteiger partial charge on any atom is 0.262 e. The molecule has 0 bridgehead atoms. The van der Waals surface area contributed by atoms with Gasteiger partial charge in [-0.1, -0.05) is 402 Å². The predicted molar refractivity (Wildman–Crippen MR) is 518 cm³/mol. The zero-order valence-electron chi connectivity index (χ0n) is 80.8. The molecule has 12 heteroatoms. The van der Waals surface area contributed by atoms with Gasteiger partial charge in [0, 0.05) is 48.5 Å². The molecule has 0 radical (unpaired) electrons. The fourth-order valence-electron chi connectivity index (χ4n) is 23.7. The minimum absolute atomic E-state index is 0.135. The molecule has 2 fully saturated rings. The Bertz CT molecular complexity index is 3570. The lowest BCUT2D eigenvalue weighted by Gasteiger charge is -2.44. The van der Waals surface area contributed by atoms with Gasteiger partial charge in [0.2, 0.25) is 0 Å². The van der Waals surface area contributed by atoms with Crippen molar-refractivity contribution in [1.82, 2.24) is 18.9 Å². The molecule has 0 N–H and O–H groups in total. The summed E-state index contributed by atoms with van der Waals surface area (Å²) in [5.41, 5.74) is -2.38. The lowest BCUT2D eigenvalue weighted by Crippen LogP contribution is -2.49. The van der Waals surface area contributed by atoms with Crippen LogP contribution < -0.4 is 22.2 Å². The van der Waals surface area contributed by atoms with Crippen LogP contribution in [0.4, 0.5) is 0 Å². The van der Waals surface area contributed by atoms with Gasteiger partial charge in [-0.25, -0.2) is 0 Å². The highest BCUT2D eigenvalue weighted by Gasteiger charge is 2.42. The summed E-state index contributed by atoms with van der Waals surface area (Å²) in [5.74, 6) is 7.44. The number of fused-ring (bicyclic) bond motifs is 2. The smallest absolute Gasteiger partial charge is 0.262 e. The van der Waals surface area contributed by atoms with E-state index in [9.17, 15) is 38.4 Å². The highest BCUT2D eigenvalue weighted by atomic mass is 16.2. The molecule has 4 amide bonds. The average molecular weight is 1690 g/mol. The summed E-state index contributed by atoms with van der Waals surface area (Å²) in [6.45, 7) is 23.7. The normalized spacial score (nSPS) is 20.9. The van der Waals surface area contributed by atoms with E-state index in [-0.39, 0.29) is 67.4 Å². The second-order valence-electron chi connectivity index (χ2n) is 41.6. The van der Waals surface area contributed by atoms with Crippen LogP contribution >= 0.6 is 0 Å². The largest absolute Gasteiger partial charge is 0.275 e. The molecule has 2 aliphatic heterocycles. The molecule has 11 atom stereocenters. The maximum absolute atomic E-state index is 14.9. The highest BCUT2D eigenvalue weighted by Crippen LogP contribution is 2.50. The van der Waals surface area contributed by atoms with Gasteiger partial charge in [0.05, 0.1) is 21.5 Å². The molecule has 3 aromatic rings. The Morgan fingerprint density at radius 1 is 0.287 bits per heavy atom. The lowest BCUT2D eigenvalue weighted by atomic mass is 9.61. The van der Waals surface area contributed by atoms with Crippen LogP contribution in [0.3, 0.4) is 0 Å². The van der Waals surface area contributed by atoms with Crippen molar-refractivity contribution in [3.8, 4) is 0 Å². The Morgan fingerprint density at radius 3 is 0.869 bits per heavy atom. The molecular formula is C110H186N4O8. The summed E-state index contributed by atoms with van der Waals surface area (Å²) >= 11 is 0. The summed E-state index contributed by atoms with van der Waals surface area (Å²) < 4.78 is 2.95. The van der Waals surface area contributed by atoms with E-state index in [2.05, 4.69) is 69.2 Å². The topological polar surface area (TPSA) is 153 Å². The number of unbranched alkanes of at least 4 members (excludes halogenated alkanes) is 41. The Hall–Kier alpha value is -4.74. The van der Waals surface area contributed by atoms with Crippen molar-refractivity contribution in [3.05, 3.63) is 77.9 Å². The fourth-order valence-corrected chi connectivity index (χ4v) is 23.7. The molecule has 2 aromatic heterocycles. The second-order valence-corrected chi connectivity index (χ2v) is 41.6. The van der Waals surface area contributed by atoms with Gasteiger partial charge in [-0.15, -0.1) is 0 Å². The summed E-state index contributed by atoms with van der Waals surface area (Å²) in [6.07, 6.45) is 89.0. The second kappa shape index (κ2) is 59.4. The van der Waals surface area contributed by atoms with Crippen molar-refractivity contribution < 1.29 is 19.2 Å². The van der Waals surface area contributed by atoms with Crippen LogP contribution in [0.15, 0.2) is 55.6 Å². The molecule has 694 valence electrons. The first-order valence-electron chi connectivity index (χ1n) is 53.3. The van der Waals surface area contributed by atoms with Gasteiger partial charge in [0.1, 0.15) is 0 Å². The monoisotopic (exact) mass is 1690 g/mol. The molecular weight excluding hydrogens is 1510 g/mol. The summed E-state index contributed by atoms with van der Waals surface area (Å²) in [6, 6.07) is 3.21. The fraction of sp³-hybridized carbons (Fsp3) is 0.836. The van der Waals surface area contributed by atoms with Crippen molar-refractivity contribution in [2.75, 3.05) is 6.54 Å². The lowest BCUT2D eigenvalue weighted by molar-refractivity contribution is -0.144. The van der Waals surface area contributed by atoms with Gasteiger partial charge in [-0.2, -0.15) is 0 Å². The van der Waals surface area contributed by atoms with E-state index in [1.807, 2.05) is 0 Å². The molecule has 122 heavy (non-hydrogen) atoms. The number of nitrogens with zero attached hydrogens (tertiary/aromatic N) is 4. The molecule has 12 nitrogen and oxygen atoms in total. The standard InChI is InChI=1S/C110H186N4O8/c1-11-16-21-26-37-52-67-93-89(63-48-24-19-14-4)71-73-91(65-50-35-28-31-42-57-79-109(9,113-103(117)77-78-104(113)118)80-59-46-47-62-88(8)87(6)7)95(93)70-55-40-30-33-45-61-84-112-105(119)97-85-99-100(86-98(97)106(112)120)108(122)114(107(99)121)110(10,81-56-41-23-18-13-3)82-58-43-34-36-51-66-92-74-72-90(64-49-25-20-15-5)94(68-53-38-27-22-17-12-2)96(92)69-54-39-29-32-44-60-83-111-101(115)75-76-102(111)116/h75-78,85-96H,11-74,79-84H2,1-10H3. The number of amides is 4. The van der Waals surface area contributed by atoms with Gasteiger partial charge in [-0.3, -0.25) is 57.3 Å². The van der Waals surface area contributed by atoms with Crippen LogP contribution in [-0.4, -0.2) is 54.6 Å². The van der Waals surface area contributed by atoms with E-state index in [1.54, 1.807) is 21.6 Å². The first-order chi connectivity index (χ1) is 59.3. The Morgan fingerprint density at radius 2 is 0.541 bits per heavy atom. The number of rotatable bonds is 74. The summed E-state index contributed by atoms with van der Waals surface area (Å²) in [4.78, 5) is 112. The number of carbonyl (C=O) groups is 4. The van der Waals surface area contributed by atoms with Crippen molar-refractivity contribution in [3.63, 3.8) is 0 Å². The van der Waals surface area contributed by atoms with E-state index >= 15 is 0 Å². The quantitative estimate of drug-likeness (QED) is 0.0400. The van der Waals surface area contributed by atoms with Crippen LogP contribution in [0.25, 0.3) is 21.5 Å². The van der Waals surface area contributed by atoms with Gasteiger partial charge in [-0.05, 0) is 175 Å².